The lowest BCUT2D eigenvalue weighted by Gasteiger charge is -2.32. The van der Waals surface area contributed by atoms with Gasteiger partial charge in [0.05, 0.1) is 20.0 Å². The maximum Gasteiger partial charge on any atom is 0.193 e. The van der Waals surface area contributed by atoms with Crippen molar-refractivity contribution in [3.05, 3.63) is 23.3 Å². The molecule has 8 heteroatoms. The Labute approximate surface area is 149 Å². The van der Waals surface area contributed by atoms with Gasteiger partial charge in [-0.1, -0.05) is 6.92 Å². The van der Waals surface area contributed by atoms with Crippen molar-refractivity contribution in [3.8, 4) is 11.5 Å². The molecule has 0 spiro atoms. The molecule has 0 fully saturated rings. The number of fused-ring (bicyclic) bond motifs is 1. The Balaban J connectivity index is 2.07. The number of nitrogens with one attached hydrogen (secondary N) is 1. The molecule has 0 amide bonds. The van der Waals surface area contributed by atoms with E-state index in [0.29, 0.717) is 24.8 Å². The second kappa shape index (κ2) is 8.42. The van der Waals surface area contributed by atoms with Crippen LogP contribution in [0, 0.1) is 0 Å². The Bertz CT molecular complexity index is 732. The van der Waals surface area contributed by atoms with Crippen molar-refractivity contribution >= 4 is 15.8 Å². The van der Waals surface area contributed by atoms with Crippen LogP contribution < -0.4 is 14.8 Å². The van der Waals surface area contributed by atoms with Gasteiger partial charge in [-0.15, -0.1) is 0 Å². The molecule has 0 saturated heterocycles. The largest absolute Gasteiger partial charge is 0.493 e. The fourth-order valence-electron chi connectivity index (χ4n) is 2.86. The van der Waals surface area contributed by atoms with Crippen LogP contribution in [-0.2, 0) is 22.8 Å². The maximum atomic E-state index is 11.6. The highest BCUT2D eigenvalue weighted by atomic mass is 32.2. The van der Waals surface area contributed by atoms with Crippen LogP contribution in [0.15, 0.2) is 17.1 Å². The quantitative estimate of drug-likeness (QED) is 0.597. The van der Waals surface area contributed by atoms with Crippen LogP contribution in [0.3, 0.4) is 0 Å². The SMILES string of the molecule is CCS(=O)(=O)CCNC(=NC)N1CCc2cc(OC)c(OC)cc2C1. The van der Waals surface area contributed by atoms with Gasteiger partial charge in [-0.2, -0.15) is 0 Å². The van der Waals surface area contributed by atoms with E-state index in [9.17, 15) is 8.42 Å². The molecule has 1 heterocycles. The molecule has 0 saturated carbocycles. The molecule has 0 bridgehead atoms. The van der Waals surface area contributed by atoms with Crippen LogP contribution in [0.25, 0.3) is 0 Å². The first-order chi connectivity index (χ1) is 11.9. The molecule has 1 N–H and O–H groups in total. The van der Waals surface area contributed by atoms with Gasteiger partial charge in [-0.05, 0) is 29.7 Å². The lowest BCUT2D eigenvalue weighted by molar-refractivity contribution is 0.346. The van der Waals surface area contributed by atoms with Crippen LogP contribution in [0.5, 0.6) is 11.5 Å². The van der Waals surface area contributed by atoms with Gasteiger partial charge in [0, 0.05) is 32.4 Å². The second-order valence-corrected chi connectivity index (χ2v) is 8.33. The van der Waals surface area contributed by atoms with Crippen molar-refractivity contribution in [3.63, 3.8) is 0 Å². The number of rotatable bonds is 6. The summed E-state index contributed by atoms with van der Waals surface area (Å²) in [4.78, 5) is 6.40. The summed E-state index contributed by atoms with van der Waals surface area (Å²) in [5.41, 5.74) is 2.39. The molecule has 0 atom stereocenters. The summed E-state index contributed by atoms with van der Waals surface area (Å²) in [5, 5.41) is 3.15. The van der Waals surface area contributed by atoms with Gasteiger partial charge in [-0.3, -0.25) is 4.99 Å². The standard InChI is InChI=1S/C17H27N3O4S/c1-5-25(21,22)9-7-19-17(18-2)20-8-6-13-10-15(23-3)16(24-4)11-14(13)12-20/h10-11H,5-9,12H2,1-4H3,(H,18,19). The monoisotopic (exact) mass is 369 g/mol. The highest BCUT2D eigenvalue weighted by molar-refractivity contribution is 7.91. The Morgan fingerprint density at radius 1 is 1.24 bits per heavy atom. The zero-order valence-corrected chi connectivity index (χ0v) is 16.1. The van der Waals surface area contributed by atoms with E-state index in [1.54, 1.807) is 28.2 Å². The Hall–Kier alpha value is -1.96. The smallest absolute Gasteiger partial charge is 0.193 e. The molecule has 1 aromatic carbocycles. The summed E-state index contributed by atoms with van der Waals surface area (Å²) in [5.74, 6) is 2.43. The predicted molar refractivity (Wildman–Crippen MR) is 99.3 cm³/mol. The highest BCUT2D eigenvalue weighted by Gasteiger charge is 2.21. The van der Waals surface area contributed by atoms with E-state index in [4.69, 9.17) is 9.47 Å². The molecule has 25 heavy (non-hydrogen) atoms. The van der Waals surface area contributed by atoms with Crippen LogP contribution in [-0.4, -0.2) is 65.1 Å². The third kappa shape index (κ3) is 4.78. The molecule has 2 rings (SSSR count). The van der Waals surface area contributed by atoms with Crippen molar-refractivity contribution in [2.24, 2.45) is 4.99 Å². The Morgan fingerprint density at radius 2 is 1.88 bits per heavy atom. The van der Waals surface area contributed by atoms with Crippen LogP contribution in [0.1, 0.15) is 18.1 Å². The third-order valence-corrected chi connectivity index (χ3v) is 6.07. The molecule has 0 radical (unpaired) electrons. The molecule has 0 unspecified atom stereocenters. The number of methoxy groups -OCH3 is 2. The summed E-state index contributed by atoms with van der Waals surface area (Å²) in [7, 11) is 1.98. The average Bonchev–Trinajstić information content (AvgIpc) is 2.63. The summed E-state index contributed by atoms with van der Waals surface area (Å²) < 4.78 is 34.0. The lowest BCUT2D eigenvalue weighted by Crippen LogP contribution is -2.45. The Kier molecular flexibility index (Phi) is 6.52. The van der Waals surface area contributed by atoms with Crippen molar-refractivity contribution in [2.45, 2.75) is 19.9 Å². The summed E-state index contributed by atoms with van der Waals surface area (Å²) in [6, 6.07) is 4.02. The van der Waals surface area contributed by atoms with E-state index in [2.05, 4.69) is 15.2 Å². The molecule has 1 aromatic rings. The van der Waals surface area contributed by atoms with E-state index in [0.717, 1.165) is 24.3 Å². The highest BCUT2D eigenvalue weighted by Crippen LogP contribution is 2.33. The van der Waals surface area contributed by atoms with Crippen molar-refractivity contribution in [2.75, 3.05) is 45.9 Å². The van der Waals surface area contributed by atoms with Crippen molar-refractivity contribution < 1.29 is 17.9 Å². The number of hydrogen-bond acceptors (Lipinski definition) is 5. The fraction of sp³-hybridized carbons (Fsp3) is 0.588. The molecule has 1 aliphatic rings. The van der Waals surface area contributed by atoms with Crippen molar-refractivity contribution in [1.29, 1.82) is 0 Å². The number of hydrogen-bond donors (Lipinski definition) is 1. The zero-order chi connectivity index (χ0) is 18.4. The minimum absolute atomic E-state index is 0.109. The van der Waals surface area contributed by atoms with Gasteiger partial charge in [0.1, 0.15) is 0 Å². The van der Waals surface area contributed by atoms with E-state index in [1.807, 2.05) is 12.1 Å². The predicted octanol–water partition coefficient (Wildman–Crippen LogP) is 1.07. The summed E-state index contributed by atoms with van der Waals surface area (Å²) in [6.45, 7) is 3.52. The molecular weight excluding hydrogens is 342 g/mol. The van der Waals surface area contributed by atoms with Gasteiger partial charge in [-0.25, -0.2) is 8.42 Å². The first-order valence-corrected chi connectivity index (χ1v) is 10.2. The van der Waals surface area contributed by atoms with Crippen LogP contribution in [0.2, 0.25) is 0 Å². The molecule has 0 aliphatic carbocycles. The van der Waals surface area contributed by atoms with E-state index in [1.165, 1.54) is 5.56 Å². The van der Waals surface area contributed by atoms with Gasteiger partial charge in [0.15, 0.2) is 27.3 Å². The lowest BCUT2D eigenvalue weighted by atomic mass is 9.99. The van der Waals surface area contributed by atoms with Crippen LogP contribution >= 0.6 is 0 Å². The first kappa shape index (κ1) is 19.4. The van der Waals surface area contributed by atoms with E-state index in [-0.39, 0.29) is 11.5 Å². The van der Waals surface area contributed by atoms with Gasteiger partial charge in [0.25, 0.3) is 0 Å². The topological polar surface area (TPSA) is 80.2 Å². The minimum atomic E-state index is -2.99. The number of aliphatic imine (C=N–C) groups is 1. The molecule has 7 nitrogen and oxygen atoms in total. The fourth-order valence-corrected chi connectivity index (χ4v) is 3.56. The third-order valence-electron chi connectivity index (χ3n) is 4.37. The first-order valence-electron chi connectivity index (χ1n) is 8.33. The summed E-state index contributed by atoms with van der Waals surface area (Å²) in [6.07, 6.45) is 0.865. The average molecular weight is 369 g/mol. The van der Waals surface area contributed by atoms with Gasteiger partial charge in [0.2, 0.25) is 0 Å². The van der Waals surface area contributed by atoms with E-state index < -0.39 is 9.84 Å². The molecule has 0 aromatic heterocycles. The summed E-state index contributed by atoms with van der Waals surface area (Å²) >= 11 is 0. The molecule has 1 aliphatic heterocycles. The number of benzene rings is 1. The maximum absolute atomic E-state index is 11.6. The van der Waals surface area contributed by atoms with Crippen molar-refractivity contribution in [1.82, 2.24) is 10.2 Å². The number of sulfone groups is 1. The minimum Gasteiger partial charge on any atom is -0.493 e. The second-order valence-electron chi connectivity index (χ2n) is 5.86. The number of nitrogens with zero attached hydrogens (tertiary/aromatic N) is 2. The molecular formula is C17H27N3O4S. The number of ether oxygens (including phenoxy) is 2. The van der Waals surface area contributed by atoms with Gasteiger partial charge >= 0.3 is 0 Å². The van der Waals surface area contributed by atoms with Crippen LogP contribution in [0.4, 0.5) is 0 Å². The Morgan fingerprint density at radius 3 is 2.44 bits per heavy atom. The number of guanidine groups is 1. The zero-order valence-electron chi connectivity index (χ0n) is 15.3. The van der Waals surface area contributed by atoms with Gasteiger partial charge < -0.3 is 19.7 Å². The normalized spacial score (nSPS) is 14.9. The molecule has 140 valence electrons. The van der Waals surface area contributed by atoms with E-state index >= 15 is 0 Å².